The molecule has 1 aromatic heterocycles. The number of pyridine rings is 1. The highest BCUT2D eigenvalue weighted by Gasteiger charge is 2.04. The van der Waals surface area contributed by atoms with Crippen LogP contribution in [0.2, 0.25) is 0 Å². The monoisotopic (exact) mass is 262 g/mol. The van der Waals surface area contributed by atoms with Gasteiger partial charge in [-0.05, 0) is 36.8 Å². The van der Waals surface area contributed by atoms with E-state index in [0.717, 1.165) is 28.8 Å². The fraction of sp³-hybridized carbons (Fsp3) is 0.118. The van der Waals surface area contributed by atoms with E-state index in [1.54, 1.807) is 6.07 Å². The number of anilines is 1. The summed E-state index contributed by atoms with van der Waals surface area (Å²) in [4.78, 5) is 4.51. The van der Waals surface area contributed by atoms with Gasteiger partial charge >= 0.3 is 0 Å². The number of hydrogen-bond donors (Lipinski definition) is 1. The molecule has 99 valence electrons. The molecule has 0 amide bonds. The minimum absolute atomic E-state index is 0.505. The van der Waals surface area contributed by atoms with Crippen LogP contribution in [0.1, 0.15) is 11.3 Å². The van der Waals surface area contributed by atoms with E-state index in [2.05, 4.69) is 22.4 Å². The molecule has 0 unspecified atom stereocenters. The summed E-state index contributed by atoms with van der Waals surface area (Å²) in [6.45, 7) is 2.75. The first-order valence-electron chi connectivity index (χ1n) is 6.63. The average Bonchev–Trinajstić information content (AvgIpc) is 2.46. The normalized spacial score (nSPS) is 10.7. The second kappa shape index (κ2) is 5.21. The van der Waals surface area contributed by atoms with Gasteiger partial charge < -0.3 is 11.1 Å². The molecule has 0 aliphatic heterocycles. The van der Waals surface area contributed by atoms with Gasteiger partial charge in [-0.2, -0.15) is 0 Å². The fourth-order valence-corrected chi connectivity index (χ4v) is 2.30. The van der Waals surface area contributed by atoms with E-state index in [1.807, 2.05) is 43.3 Å². The van der Waals surface area contributed by atoms with Gasteiger partial charge in [0, 0.05) is 23.3 Å². The summed E-state index contributed by atoms with van der Waals surface area (Å²) < 4.78 is 0. The maximum atomic E-state index is 7.77. The van der Waals surface area contributed by atoms with E-state index in [4.69, 9.17) is 5.73 Å². The standard InChI is InChI=1S/C17H16N3/c1-12-9-17(19-11-13-5-3-2-4-6-13)15-10-14(18)7-8-16(15)20-12/h2-10,18H,11H2,1H3,(H,19,20). The summed E-state index contributed by atoms with van der Waals surface area (Å²) in [6.07, 6.45) is 0. The van der Waals surface area contributed by atoms with Gasteiger partial charge in [0.2, 0.25) is 0 Å². The molecular weight excluding hydrogens is 246 g/mol. The summed E-state index contributed by atoms with van der Waals surface area (Å²) in [6, 6.07) is 17.8. The van der Waals surface area contributed by atoms with Gasteiger partial charge in [0.15, 0.2) is 0 Å². The van der Waals surface area contributed by atoms with Crippen LogP contribution in [0, 0.1) is 6.92 Å². The van der Waals surface area contributed by atoms with E-state index in [-0.39, 0.29) is 0 Å². The van der Waals surface area contributed by atoms with Crippen molar-refractivity contribution in [2.24, 2.45) is 0 Å². The molecule has 20 heavy (non-hydrogen) atoms. The number of nitrogens with one attached hydrogen (secondary N) is 2. The second-order valence-corrected chi connectivity index (χ2v) is 4.88. The second-order valence-electron chi connectivity index (χ2n) is 4.88. The third-order valence-corrected chi connectivity index (χ3v) is 3.26. The molecule has 3 heteroatoms. The predicted octanol–water partition coefficient (Wildman–Crippen LogP) is 4.07. The molecule has 1 heterocycles. The highest BCUT2D eigenvalue weighted by Crippen LogP contribution is 2.26. The minimum atomic E-state index is 0.505. The lowest BCUT2D eigenvalue weighted by molar-refractivity contribution is 1.14. The van der Waals surface area contributed by atoms with Crippen LogP contribution in [0.3, 0.4) is 0 Å². The van der Waals surface area contributed by atoms with Crippen LogP contribution in [-0.4, -0.2) is 4.98 Å². The van der Waals surface area contributed by atoms with Crippen molar-refractivity contribution in [1.29, 1.82) is 0 Å². The Balaban J connectivity index is 1.96. The van der Waals surface area contributed by atoms with Crippen molar-refractivity contribution in [3.63, 3.8) is 0 Å². The zero-order valence-corrected chi connectivity index (χ0v) is 11.4. The fourth-order valence-electron chi connectivity index (χ4n) is 2.30. The summed E-state index contributed by atoms with van der Waals surface area (Å²) >= 11 is 0. The van der Waals surface area contributed by atoms with Crippen molar-refractivity contribution in [2.45, 2.75) is 13.5 Å². The van der Waals surface area contributed by atoms with E-state index in [0.29, 0.717) is 5.69 Å². The quantitative estimate of drug-likeness (QED) is 0.773. The molecule has 3 nitrogen and oxygen atoms in total. The van der Waals surface area contributed by atoms with Crippen molar-refractivity contribution in [1.82, 2.24) is 10.7 Å². The van der Waals surface area contributed by atoms with Gasteiger partial charge in [0.1, 0.15) is 0 Å². The average molecular weight is 262 g/mol. The maximum Gasteiger partial charge on any atom is 0.0727 e. The topological polar surface area (TPSA) is 48.7 Å². The van der Waals surface area contributed by atoms with Gasteiger partial charge in [-0.25, -0.2) is 0 Å². The molecule has 0 aliphatic rings. The third kappa shape index (κ3) is 2.57. The Kier molecular flexibility index (Phi) is 3.25. The minimum Gasteiger partial charge on any atom is -0.380 e. The van der Waals surface area contributed by atoms with Crippen LogP contribution in [-0.2, 0) is 6.54 Å². The van der Waals surface area contributed by atoms with Crippen molar-refractivity contribution >= 4 is 22.3 Å². The van der Waals surface area contributed by atoms with E-state index < -0.39 is 0 Å². The molecule has 1 radical (unpaired) electrons. The van der Waals surface area contributed by atoms with Crippen molar-refractivity contribution in [3.8, 4) is 0 Å². The lowest BCUT2D eigenvalue weighted by Gasteiger charge is -2.11. The van der Waals surface area contributed by atoms with E-state index in [9.17, 15) is 0 Å². The summed E-state index contributed by atoms with van der Waals surface area (Å²) in [5.41, 5.74) is 12.4. The Labute approximate surface area is 118 Å². The molecule has 0 saturated carbocycles. The molecule has 0 saturated heterocycles. The van der Waals surface area contributed by atoms with E-state index in [1.165, 1.54) is 5.56 Å². The van der Waals surface area contributed by atoms with Crippen LogP contribution in [0.5, 0.6) is 0 Å². The Morgan fingerprint density at radius 2 is 1.85 bits per heavy atom. The lowest BCUT2D eigenvalue weighted by Crippen LogP contribution is -2.01. The first kappa shape index (κ1) is 12.5. The third-order valence-electron chi connectivity index (χ3n) is 3.26. The number of rotatable bonds is 3. The number of benzene rings is 2. The molecule has 0 atom stereocenters. The molecule has 2 aromatic carbocycles. The van der Waals surface area contributed by atoms with Gasteiger partial charge in [-0.15, -0.1) is 0 Å². The molecule has 0 bridgehead atoms. The van der Waals surface area contributed by atoms with Gasteiger partial charge in [0.05, 0.1) is 11.2 Å². The Morgan fingerprint density at radius 1 is 1.05 bits per heavy atom. The molecule has 2 N–H and O–H groups in total. The number of fused-ring (bicyclic) bond motifs is 1. The Bertz CT molecular complexity index is 736. The highest BCUT2D eigenvalue weighted by atomic mass is 14.9. The predicted molar refractivity (Wildman–Crippen MR) is 83.0 cm³/mol. The van der Waals surface area contributed by atoms with Crippen LogP contribution in [0.4, 0.5) is 11.4 Å². The maximum absolute atomic E-state index is 7.77. The zero-order chi connectivity index (χ0) is 13.9. The van der Waals surface area contributed by atoms with Gasteiger partial charge in [-0.3, -0.25) is 4.98 Å². The van der Waals surface area contributed by atoms with Gasteiger partial charge in [-0.1, -0.05) is 30.3 Å². The zero-order valence-electron chi connectivity index (χ0n) is 11.4. The van der Waals surface area contributed by atoms with Crippen LogP contribution < -0.4 is 11.1 Å². The van der Waals surface area contributed by atoms with Crippen LogP contribution in [0.25, 0.3) is 10.9 Å². The summed E-state index contributed by atoms with van der Waals surface area (Å²) in [5, 5.41) is 4.45. The largest absolute Gasteiger partial charge is 0.380 e. The van der Waals surface area contributed by atoms with E-state index >= 15 is 0 Å². The van der Waals surface area contributed by atoms with Crippen molar-refractivity contribution in [2.75, 3.05) is 5.32 Å². The number of hydrogen-bond acceptors (Lipinski definition) is 2. The molecule has 0 aliphatic carbocycles. The summed E-state index contributed by atoms with van der Waals surface area (Å²) in [7, 11) is 0. The Hall–Kier alpha value is -2.55. The van der Waals surface area contributed by atoms with Crippen LogP contribution in [0.15, 0.2) is 54.6 Å². The number of aromatic nitrogens is 1. The lowest BCUT2D eigenvalue weighted by atomic mass is 10.1. The molecular formula is C17H16N3. The first-order valence-corrected chi connectivity index (χ1v) is 6.63. The first-order chi connectivity index (χ1) is 9.72. The molecule has 3 aromatic rings. The smallest absolute Gasteiger partial charge is 0.0727 e. The molecule has 0 spiro atoms. The van der Waals surface area contributed by atoms with Crippen molar-refractivity contribution in [3.05, 3.63) is 65.9 Å². The molecule has 3 rings (SSSR count). The van der Waals surface area contributed by atoms with Crippen LogP contribution >= 0.6 is 0 Å². The van der Waals surface area contributed by atoms with Crippen molar-refractivity contribution < 1.29 is 0 Å². The Morgan fingerprint density at radius 3 is 2.65 bits per heavy atom. The summed E-state index contributed by atoms with van der Waals surface area (Å²) in [5.74, 6) is 0. The highest BCUT2D eigenvalue weighted by molar-refractivity contribution is 5.93. The molecule has 0 fully saturated rings. The number of nitrogens with zero attached hydrogens (tertiary/aromatic N) is 1. The SMILES string of the molecule is Cc1cc(NCc2ccccc2)c2cc([NH])ccc2n1. The number of aryl methyl sites for hydroxylation is 1. The van der Waals surface area contributed by atoms with Gasteiger partial charge in [0.25, 0.3) is 0 Å².